The van der Waals surface area contributed by atoms with E-state index in [2.05, 4.69) is 20.8 Å². The number of nitrogens with two attached hydrogens (primary N) is 1. The largest absolute Gasteiger partial charge is 0.328 e. The summed E-state index contributed by atoms with van der Waals surface area (Å²) in [5, 5.41) is 0. The highest BCUT2D eigenvalue weighted by atomic mass is 14.6. The lowest BCUT2D eigenvalue weighted by Crippen LogP contribution is -2.19. The SMILES string of the molecule is CCCCC(CC)CC(C)N. The van der Waals surface area contributed by atoms with Gasteiger partial charge in [-0.15, -0.1) is 0 Å². The minimum Gasteiger partial charge on any atom is -0.328 e. The molecule has 0 saturated heterocycles. The first-order chi connectivity index (χ1) is 5.20. The summed E-state index contributed by atoms with van der Waals surface area (Å²) in [7, 11) is 0. The molecule has 2 atom stereocenters. The lowest BCUT2D eigenvalue weighted by atomic mass is 9.93. The normalized spacial score (nSPS) is 16.4. The van der Waals surface area contributed by atoms with Crippen LogP contribution in [-0.2, 0) is 0 Å². The van der Waals surface area contributed by atoms with Crippen molar-refractivity contribution in [3.63, 3.8) is 0 Å². The Morgan fingerprint density at radius 3 is 2.27 bits per heavy atom. The first-order valence-electron chi connectivity index (χ1n) is 4.96. The van der Waals surface area contributed by atoms with Crippen molar-refractivity contribution >= 4 is 0 Å². The zero-order chi connectivity index (χ0) is 8.69. The maximum atomic E-state index is 5.74. The highest BCUT2D eigenvalue weighted by Crippen LogP contribution is 2.17. The van der Waals surface area contributed by atoms with Gasteiger partial charge < -0.3 is 5.73 Å². The summed E-state index contributed by atoms with van der Waals surface area (Å²) in [5.41, 5.74) is 5.74. The second-order valence-corrected chi connectivity index (χ2v) is 3.63. The topological polar surface area (TPSA) is 26.0 Å². The maximum absolute atomic E-state index is 5.74. The van der Waals surface area contributed by atoms with Gasteiger partial charge in [0.05, 0.1) is 0 Å². The van der Waals surface area contributed by atoms with E-state index in [0.717, 1.165) is 5.92 Å². The van der Waals surface area contributed by atoms with Crippen LogP contribution in [0.1, 0.15) is 52.9 Å². The predicted octanol–water partition coefficient (Wildman–Crippen LogP) is 2.94. The van der Waals surface area contributed by atoms with Crippen LogP contribution in [0, 0.1) is 5.92 Å². The molecule has 0 aliphatic rings. The first kappa shape index (κ1) is 11.0. The predicted molar refractivity (Wildman–Crippen MR) is 51.6 cm³/mol. The summed E-state index contributed by atoms with van der Waals surface area (Å²) in [4.78, 5) is 0. The Bertz CT molecular complexity index is 78.9. The number of rotatable bonds is 6. The summed E-state index contributed by atoms with van der Waals surface area (Å²) >= 11 is 0. The van der Waals surface area contributed by atoms with Gasteiger partial charge >= 0.3 is 0 Å². The van der Waals surface area contributed by atoms with Crippen LogP contribution < -0.4 is 5.73 Å². The Labute approximate surface area is 71.4 Å². The van der Waals surface area contributed by atoms with E-state index in [1.165, 1.54) is 32.1 Å². The third-order valence-corrected chi connectivity index (χ3v) is 2.25. The molecular formula is C10H23N. The van der Waals surface area contributed by atoms with Crippen molar-refractivity contribution in [2.75, 3.05) is 0 Å². The summed E-state index contributed by atoms with van der Waals surface area (Å²) < 4.78 is 0. The Morgan fingerprint density at radius 1 is 1.27 bits per heavy atom. The second kappa shape index (κ2) is 6.66. The van der Waals surface area contributed by atoms with Crippen molar-refractivity contribution in [3.8, 4) is 0 Å². The fraction of sp³-hybridized carbons (Fsp3) is 1.00. The number of hydrogen-bond acceptors (Lipinski definition) is 1. The second-order valence-electron chi connectivity index (χ2n) is 3.63. The molecule has 1 heteroatoms. The van der Waals surface area contributed by atoms with Crippen molar-refractivity contribution < 1.29 is 0 Å². The minimum absolute atomic E-state index is 0.386. The molecule has 68 valence electrons. The van der Waals surface area contributed by atoms with Crippen molar-refractivity contribution in [2.24, 2.45) is 11.7 Å². The summed E-state index contributed by atoms with van der Waals surface area (Å²) in [5.74, 6) is 0.870. The standard InChI is InChI=1S/C10H23N/c1-4-6-7-10(5-2)8-9(3)11/h9-10H,4-8,11H2,1-3H3. The number of hydrogen-bond donors (Lipinski definition) is 1. The minimum atomic E-state index is 0.386. The molecule has 0 heterocycles. The van der Waals surface area contributed by atoms with Crippen molar-refractivity contribution in [1.29, 1.82) is 0 Å². The third kappa shape index (κ3) is 6.36. The molecule has 0 spiro atoms. The monoisotopic (exact) mass is 157 g/mol. The van der Waals surface area contributed by atoms with E-state index in [1.807, 2.05) is 0 Å². The fourth-order valence-corrected chi connectivity index (χ4v) is 1.51. The van der Waals surface area contributed by atoms with Crippen LogP contribution in [0.3, 0.4) is 0 Å². The van der Waals surface area contributed by atoms with Crippen LogP contribution in [-0.4, -0.2) is 6.04 Å². The average molecular weight is 157 g/mol. The lowest BCUT2D eigenvalue weighted by Gasteiger charge is -2.16. The van der Waals surface area contributed by atoms with Crippen molar-refractivity contribution in [3.05, 3.63) is 0 Å². The highest BCUT2D eigenvalue weighted by Gasteiger charge is 2.07. The average Bonchev–Trinajstić information content (AvgIpc) is 1.97. The molecule has 2 unspecified atom stereocenters. The third-order valence-electron chi connectivity index (χ3n) is 2.25. The molecule has 0 aliphatic heterocycles. The molecule has 1 nitrogen and oxygen atoms in total. The van der Waals surface area contributed by atoms with E-state index in [1.54, 1.807) is 0 Å². The van der Waals surface area contributed by atoms with Gasteiger partial charge in [0.25, 0.3) is 0 Å². The van der Waals surface area contributed by atoms with E-state index in [-0.39, 0.29) is 0 Å². The van der Waals surface area contributed by atoms with Gasteiger partial charge in [0, 0.05) is 6.04 Å². The fourth-order valence-electron chi connectivity index (χ4n) is 1.51. The van der Waals surface area contributed by atoms with Gasteiger partial charge in [-0.25, -0.2) is 0 Å². The molecule has 0 fully saturated rings. The van der Waals surface area contributed by atoms with Gasteiger partial charge in [0.2, 0.25) is 0 Å². The van der Waals surface area contributed by atoms with Gasteiger partial charge in [0.15, 0.2) is 0 Å². The van der Waals surface area contributed by atoms with Gasteiger partial charge in [-0.2, -0.15) is 0 Å². The quantitative estimate of drug-likeness (QED) is 0.630. The highest BCUT2D eigenvalue weighted by molar-refractivity contribution is 4.63. The molecule has 0 amide bonds. The Morgan fingerprint density at radius 2 is 1.91 bits per heavy atom. The Kier molecular flexibility index (Phi) is 6.63. The molecule has 0 bridgehead atoms. The van der Waals surface area contributed by atoms with Gasteiger partial charge in [-0.1, -0.05) is 39.5 Å². The van der Waals surface area contributed by atoms with Crippen LogP contribution in [0.2, 0.25) is 0 Å². The van der Waals surface area contributed by atoms with Crippen molar-refractivity contribution in [2.45, 2.75) is 58.9 Å². The summed E-state index contributed by atoms with van der Waals surface area (Å²) in [6, 6.07) is 0.386. The Hall–Kier alpha value is -0.0400. The van der Waals surface area contributed by atoms with Crippen LogP contribution in [0.25, 0.3) is 0 Å². The zero-order valence-electron chi connectivity index (χ0n) is 8.27. The smallest absolute Gasteiger partial charge is 0.00131 e. The molecule has 0 aromatic rings. The van der Waals surface area contributed by atoms with E-state index >= 15 is 0 Å². The summed E-state index contributed by atoms with van der Waals surface area (Å²) in [6.45, 7) is 6.62. The van der Waals surface area contributed by atoms with Crippen LogP contribution in [0.5, 0.6) is 0 Å². The Balaban J connectivity index is 3.41. The summed E-state index contributed by atoms with van der Waals surface area (Å²) in [6.07, 6.45) is 6.55. The van der Waals surface area contributed by atoms with E-state index in [4.69, 9.17) is 5.73 Å². The van der Waals surface area contributed by atoms with E-state index < -0.39 is 0 Å². The molecular weight excluding hydrogens is 134 g/mol. The molecule has 0 aromatic carbocycles. The molecule has 0 saturated carbocycles. The van der Waals surface area contributed by atoms with Gasteiger partial charge in [0.1, 0.15) is 0 Å². The van der Waals surface area contributed by atoms with Gasteiger partial charge in [-0.05, 0) is 19.3 Å². The molecule has 0 aromatic heterocycles. The van der Waals surface area contributed by atoms with Crippen molar-refractivity contribution in [1.82, 2.24) is 0 Å². The van der Waals surface area contributed by atoms with Crippen LogP contribution >= 0.6 is 0 Å². The number of unbranched alkanes of at least 4 members (excludes halogenated alkanes) is 1. The van der Waals surface area contributed by atoms with Crippen LogP contribution in [0.15, 0.2) is 0 Å². The van der Waals surface area contributed by atoms with Crippen LogP contribution in [0.4, 0.5) is 0 Å². The van der Waals surface area contributed by atoms with E-state index in [9.17, 15) is 0 Å². The molecule has 2 N–H and O–H groups in total. The molecule has 0 aliphatic carbocycles. The molecule has 11 heavy (non-hydrogen) atoms. The molecule has 0 rings (SSSR count). The maximum Gasteiger partial charge on any atom is 0.00131 e. The zero-order valence-corrected chi connectivity index (χ0v) is 8.27. The first-order valence-corrected chi connectivity index (χ1v) is 4.96. The van der Waals surface area contributed by atoms with E-state index in [0.29, 0.717) is 6.04 Å². The van der Waals surface area contributed by atoms with Gasteiger partial charge in [-0.3, -0.25) is 0 Å². The molecule has 0 radical (unpaired) electrons. The lowest BCUT2D eigenvalue weighted by molar-refractivity contribution is 0.394.